The van der Waals surface area contributed by atoms with E-state index in [1.54, 1.807) is 38.3 Å². The molecule has 0 aliphatic carbocycles. The highest BCUT2D eigenvalue weighted by Crippen LogP contribution is 2.30. The van der Waals surface area contributed by atoms with Gasteiger partial charge >= 0.3 is 0 Å². The first-order valence-corrected chi connectivity index (χ1v) is 7.65. The first-order chi connectivity index (χ1) is 11.9. The molecule has 0 heterocycles. The molecule has 0 spiro atoms. The molecule has 0 aliphatic rings. The van der Waals surface area contributed by atoms with Crippen molar-refractivity contribution in [3.63, 3.8) is 0 Å². The molecule has 2 rings (SSSR count). The molecule has 7 nitrogen and oxygen atoms in total. The number of ether oxygens (including phenoxy) is 2. The molecular formula is C18H20N2O5. The van der Waals surface area contributed by atoms with Crippen molar-refractivity contribution in [2.45, 2.75) is 19.9 Å². The number of amides is 1. The molecule has 0 aromatic heterocycles. The SMILES string of the molecule is COc1ccc(C(C)NC(=O)c2ccc(C)c([N+](=O)[O-])c2)cc1OC. The van der Waals surface area contributed by atoms with Gasteiger partial charge in [-0.2, -0.15) is 0 Å². The molecule has 132 valence electrons. The van der Waals surface area contributed by atoms with E-state index in [2.05, 4.69) is 5.32 Å². The third-order valence-electron chi connectivity index (χ3n) is 3.92. The van der Waals surface area contributed by atoms with Crippen molar-refractivity contribution >= 4 is 11.6 Å². The Bertz CT molecular complexity index is 804. The van der Waals surface area contributed by atoms with Gasteiger partial charge in [0.15, 0.2) is 11.5 Å². The molecule has 0 aliphatic heterocycles. The van der Waals surface area contributed by atoms with Crippen LogP contribution in [-0.4, -0.2) is 25.1 Å². The Morgan fingerprint density at radius 3 is 2.40 bits per heavy atom. The summed E-state index contributed by atoms with van der Waals surface area (Å²) >= 11 is 0. The molecule has 0 saturated heterocycles. The van der Waals surface area contributed by atoms with E-state index in [0.717, 1.165) is 5.56 Å². The summed E-state index contributed by atoms with van der Waals surface area (Å²) in [5.41, 5.74) is 1.50. The predicted molar refractivity (Wildman–Crippen MR) is 93.3 cm³/mol. The zero-order chi connectivity index (χ0) is 18.6. The zero-order valence-corrected chi connectivity index (χ0v) is 14.5. The van der Waals surface area contributed by atoms with Gasteiger partial charge in [0.25, 0.3) is 11.6 Å². The van der Waals surface area contributed by atoms with E-state index in [1.165, 1.54) is 13.2 Å². The van der Waals surface area contributed by atoms with Crippen LogP contribution in [0.4, 0.5) is 5.69 Å². The zero-order valence-electron chi connectivity index (χ0n) is 14.5. The second-order valence-corrected chi connectivity index (χ2v) is 5.57. The summed E-state index contributed by atoms with van der Waals surface area (Å²) in [7, 11) is 3.09. The minimum Gasteiger partial charge on any atom is -0.493 e. The number of carbonyl (C=O) groups excluding carboxylic acids is 1. The first kappa shape index (κ1) is 18.3. The van der Waals surface area contributed by atoms with Gasteiger partial charge in [-0.3, -0.25) is 14.9 Å². The Balaban J connectivity index is 2.20. The molecule has 2 aromatic carbocycles. The smallest absolute Gasteiger partial charge is 0.273 e. The second kappa shape index (κ2) is 7.65. The topological polar surface area (TPSA) is 90.7 Å². The van der Waals surface area contributed by atoms with Gasteiger partial charge in [0, 0.05) is 17.2 Å². The Labute approximate surface area is 145 Å². The number of nitrogens with one attached hydrogen (secondary N) is 1. The van der Waals surface area contributed by atoms with Crippen molar-refractivity contribution in [2.24, 2.45) is 0 Å². The number of aryl methyl sites for hydroxylation is 1. The van der Waals surface area contributed by atoms with Gasteiger partial charge in [-0.05, 0) is 37.6 Å². The molecule has 1 N–H and O–H groups in total. The summed E-state index contributed by atoms with van der Waals surface area (Å²) in [6.07, 6.45) is 0. The summed E-state index contributed by atoms with van der Waals surface area (Å²) in [6, 6.07) is 9.46. The normalized spacial score (nSPS) is 11.5. The number of hydrogen-bond donors (Lipinski definition) is 1. The lowest BCUT2D eigenvalue weighted by Gasteiger charge is -2.16. The van der Waals surface area contributed by atoms with Gasteiger partial charge in [-0.15, -0.1) is 0 Å². The number of methoxy groups -OCH3 is 2. The number of rotatable bonds is 6. The molecule has 7 heteroatoms. The lowest BCUT2D eigenvalue weighted by atomic mass is 10.1. The van der Waals surface area contributed by atoms with Crippen molar-refractivity contribution in [3.05, 3.63) is 63.2 Å². The molecule has 0 bridgehead atoms. The van der Waals surface area contributed by atoms with Crippen LogP contribution < -0.4 is 14.8 Å². The Hall–Kier alpha value is -3.09. The fraction of sp³-hybridized carbons (Fsp3) is 0.278. The third-order valence-corrected chi connectivity index (χ3v) is 3.92. The van der Waals surface area contributed by atoms with Crippen LogP contribution in [0.25, 0.3) is 0 Å². The molecule has 25 heavy (non-hydrogen) atoms. The second-order valence-electron chi connectivity index (χ2n) is 5.57. The average Bonchev–Trinajstić information content (AvgIpc) is 2.60. The number of benzene rings is 2. The van der Waals surface area contributed by atoms with Crippen molar-refractivity contribution in [3.8, 4) is 11.5 Å². The van der Waals surface area contributed by atoms with Crippen LogP contribution in [0.1, 0.15) is 34.5 Å². The van der Waals surface area contributed by atoms with E-state index in [1.807, 2.05) is 13.0 Å². The van der Waals surface area contributed by atoms with Crippen LogP contribution in [0.3, 0.4) is 0 Å². The van der Waals surface area contributed by atoms with Gasteiger partial charge in [0.05, 0.1) is 25.2 Å². The van der Waals surface area contributed by atoms with Crippen LogP contribution >= 0.6 is 0 Å². The number of hydrogen-bond acceptors (Lipinski definition) is 5. The van der Waals surface area contributed by atoms with Gasteiger partial charge in [-0.25, -0.2) is 0 Å². The predicted octanol–water partition coefficient (Wildman–Crippen LogP) is 3.41. The maximum absolute atomic E-state index is 12.4. The Morgan fingerprint density at radius 1 is 1.12 bits per heavy atom. The largest absolute Gasteiger partial charge is 0.493 e. The lowest BCUT2D eigenvalue weighted by Crippen LogP contribution is -2.26. The van der Waals surface area contributed by atoms with E-state index < -0.39 is 4.92 Å². The van der Waals surface area contributed by atoms with E-state index in [9.17, 15) is 14.9 Å². The van der Waals surface area contributed by atoms with Gasteiger partial charge in [0.1, 0.15) is 0 Å². The van der Waals surface area contributed by atoms with E-state index in [0.29, 0.717) is 17.1 Å². The minimum atomic E-state index is -0.496. The summed E-state index contributed by atoms with van der Waals surface area (Å²) in [5, 5.41) is 13.8. The maximum Gasteiger partial charge on any atom is 0.273 e. The highest BCUT2D eigenvalue weighted by Gasteiger charge is 2.17. The molecule has 1 amide bonds. The number of nitro benzene ring substituents is 1. The van der Waals surface area contributed by atoms with Gasteiger partial charge < -0.3 is 14.8 Å². The average molecular weight is 344 g/mol. The number of nitrogens with zero attached hydrogens (tertiary/aromatic N) is 1. The quantitative estimate of drug-likeness (QED) is 0.640. The standard InChI is InChI=1S/C18H20N2O5/c1-11-5-6-14(9-15(11)20(22)23)18(21)19-12(2)13-7-8-16(24-3)17(10-13)25-4/h5-10,12H,1-4H3,(H,19,21). The van der Waals surface area contributed by atoms with Gasteiger partial charge in [0.2, 0.25) is 0 Å². The highest BCUT2D eigenvalue weighted by molar-refractivity contribution is 5.95. The molecule has 0 radical (unpaired) electrons. The summed E-state index contributed by atoms with van der Waals surface area (Å²) in [6.45, 7) is 3.45. The number of carbonyl (C=O) groups is 1. The van der Waals surface area contributed by atoms with Crippen molar-refractivity contribution in [1.82, 2.24) is 5.32 Å². The van der Waals surface area contributed by atoms with Crippen LogP contribution in [0.15, 0.2) is 36.4 Å². The van der Waals surface area contributed by atoms with Crippen LogP contribution in [0.5, 0.6) is 11.5 Å². The van der Waals surface area contributed by atoms with Gasteiger partial charge in [-0.1, -0.05) is 12.1 Å². The van der Waals surface area contributed by atoms with Crippen molar-refractivity contribution in [2.75, 3.05) is 14.2 Å². The summed E-state index contributed by atoms with van der Waals surface area (Å²) in [5.74, 6) is 0.774. The molecule has 2 aromatic rings. The van der Waals surface area contributed by atoms with Crippen LogP contribution in [-0.2, 0) is 0 Å². The molecule has 1 atom stereocenters. The van der Waals surface area contributed by atoms with E-state index >= 15 is 0 Å². The molecule has 0 fully saturated rings. The Morgan fingerprint density at radius 2 is 1.80 bits per heavy atom. The molecule has 1 unspecified atom stereocenters. The monoisotopic (exact) mass is 344 g/mol. The fourth-order valence-electron chi connectivity index (χ4n) is 2.43. The minimum absolute atomic E-state index is 0.0774. The van der Waals surface area contributed by atoms with Crippen LogP contribution in [0.2, 0.25) is 0 Å². The van der Waals surface area contributed by atoms with E-state index in [4.69, 9.17) is 9.47 Å². The van der Waals surface area contributed by atoms with Crippen molar-refractivity contribution in [1.29, 1.82) is 0 Å². The number of nitro groups is 1. The van der Waals surface area contributed by atoms with E-state index in [-0.39, 0.29) is 23.2 Å². The first-order valence-electron chi connectivity index (χ1n) is 7.65. The summed E-state index contributed by atoms with van der Waals surface area (Å²) in [4.78, 5) is 22.9. The maximum atomic E-state index is 12.4. The molecular weight excluding hydrogens is 324 g/mol. The van der Waals surface area contributed by atoms with Crippen LogP contribution in [0, 0.1) is 17.0 Å². The molecule has 0 saturated carbocycles. The fourth-order valence-corrected chi connectivity index (χ4v) is 2.43. The lowest BCUT2D eigenvalue weighted by molar-refractivity contribution is -0.385. The third kappa shape index (κ3) is 4.06. The van der Waals surface area contributed by atoms with Crippen molar-refractivity contribution < 1.29 is 19.2 Å². The highest BCUT2D eigenvalue weighted by atomic mass is 16.6. The summed E-state index contributed by atoms with van der Waals surface area (Å²) < 4.78 is 10.5. The Kier molecular flexibility index (Phi) is 5.59.